The molecule has 0 saturated carbocycles. The molecule has 0 aliphatic carbocycles. The maximum absolute atomic E-state index is 12.7. The second-order valence-electron chi connectivity index (χ2n) is 7.72. The van der Waals surface area contributed by atoms with Gasteiger partial charge in [0.2, 0.25) is 5.91 Å². The third-order valence-corrected chi connectivity index (χ3v) is 5.06. The number of hydrogen-bond acceptors (Lipinski definition) is 5. The monoisotopic (exact) mass is 435 g/mol. The zero-order valence-electron chi connectivity index (χ0n) is 18.6. The third kappa shape index (κ3) is 5.75. The normalized spacial score (nSPS) is 11.8. The molecule has 0 radical (unpaired) electrons. The van der Waals surface area contributed by atoms with Gasteiger partial charge in [-0.2, -0.15) is 0 Å². The van der Waals surface area contributed by atoms with Crippen LogP contribution in [0.5, 0.6) is 11.5 Å². The van der Waals surface area contributed by atoms with Crippen LogP contribution in [0.2, 0.25) is 0 Å². The predicted molar refractivity (Wildman–Crippen MR) is 124 cm³/mol. The van der Waals surface area contributed by atoms with Gasteiger partial charge in [-0.05, 0) is 36.6 Å². The van der Waals surface area contributed by atoms with E-state index in [1.807, 2.05) is 44.2 Å². The summed E-state index contributed by atoms with van der Waals surface area (Å²) in [6.45, 7) is 4.66. The van der Waals surface area contributed by atoms with Crippen LogP contribution in [0, 0.1) is 5.92 Å². The lowest BCUT2D eigenvalue weighted by molar-refractivity contribution is -0.123. The zero-order valence-corrected chi connectivity index (χ0v) is 18.6. The van der Waals surface area contributed by atoms with Crippen molar-refractivity contribution in [2.45, 2.75) is 26.3 Å². The van der Waals surface area contributed by atoms with Crippen LogP contribution in [0.25, 0.3) is 10.9 Å². The Bertz CT molecular complexity index is 1060. The van der Waals surface area contributed by atoms with E-state index < -0.39 is 6.04 Å². The van der Waals surface area contributed by atoms with Crippen molar-refractivity contribution in [1.29, 1.82) is 0 Å². The molecule has 2 N–H and O–H groups in total. The number of hydrogen-bond donors (Lipinski definition) is 2. The lowest BCUT2D eigenvalue weighted by Gasteiger charge is -2.22. The van der Waals surface area contributed by atoms with E-state index >= 15 is 0 Å². The van der Waals surface area contributed by atoms with Gasteiger partial charge in [0, 0.05) is 18.1 Å². The molecule has 0 aliphatic rings. The average Bonchev–Trinajstić information content (AvgIpc) is 2.81. The van der Waals surface area contributed by atoms with Crippen LogP contribution >= 0.6 is 0 Å². The van der Waals surface area contributed by atoms with Crippen LogP contribution in [0.15, 0.2) is 60.8 Å². The fraction of sp³-hybridized carbons (Fsp3) is 0.320. The van der Waals surface area contributed by atoms with E-state index in [-0.39, 0.29) is 17.7 Å². The van der Waals surface area contributed by atoms with Crippen LogP contribution in [0.1, 0.15) is 30.6 Å². The van der Waals surface area contributed by atoms with Crippen molar-refractivity contribution in [3.8, 4) is 11.5 Å². The molecule has 1 atom stereocenters. The summed E-state index contributed by atoms with van der Waals surface area (Å²) in [6.07, 6.45) is 2.36. The number of amides is 2. The number of carbonyl (C=O) groups excluding carboxylic acids is 2. The van der Waals surface area contributed by atoms with Gasteiger partial charge in [0.15, 0.2) is 0 Å². The first-order valence-electron chi connectivity index (χ1n) is 10.7. The summed E-state index contributed by atoms with van der Waals surface area (Å²) >= 11 is 0. The van der Waals surface area contributed by atoms with E-state index in [9.17, 15) is 9.59 Å². The van der Waals surface area contributed by atoms with Gasteiger partial charge in [0.1, 0.15) is 23.1 Å². The Balaban J connectivity index is 1.50. The van der Waals surface area contributed by atoms with Crippen LogP contribution in [-0.2, 0) is 4.79 Å². The van der Waals surface area contributed by atoms with E-state index in [0.29, 0.717) is 30.9 Å². The van der Waals surface area contributed by atoms with Crippen molar-refractivity contribution in [3.63, 3.8) is 0 Å². The Kier molecular flexibility index (Phi) is 8.02. The maximum atomic E-state index is 12.7. The highest BCUT2D eigenvalue weighted by atomic mass is 16.5. The summed E-state index contributed by atoms with van der Waals surface area (Å²) in [5.41, 5.74) is 1.21. The number of nitrogens with zero attached hydrogens (tertiary/aromatic N) is 1. The smallest absolute Gasteiger partial charge is 0.255 e. The number of methoxy groups -OCH3 is 1. The molecule has 168 valence electrons. The van der Waals surface area contributed by atoms with E-state index in [0.717, 1.165) is 16.7 Å². The number of para-hydroxylation sites is 2. The van der Waals surface area contributed by atoms with Gasteiger partial charge in [-0.3, -0.25) is 14.6 Å². The third-order valence-electron chi connectivity index (χ3n) is 5.06. The number of rotatable bonds is 10. The fourth-order valence-corrected chi connectivity index (χ4v) is 3.35. The second-order valence-corrected chi connectivity index (χ2v) is 7.72. The molecule has 1 unspecified atom stereocenters. The van der Waals surface area contributed by atoms with Crippen molar-refractivity contribution in [2.75, 3.05) is 20.3 Å². The summed E-state index contributed by atoms with van der Waals surface area (Å²) < 4.78 is 11.1. The van der Waals surface area contributed by atoms with Crippen molar-refractivity contribution in [1.82, 2.24) is 15.6 Å². The van der Waals surface area contributed by atoms with Gasteiger partial charge >= 0.3 is 0 Å². The first-order valence-corrected chi connectivity index (χ1v) is 10.7. The van der Waals surface area contributed by atoms with E-state index in [1.54, 1.807) is 30.5 Å². The van der Waals surface area contributed by atoms with Crippen molar-refractivity contribution < 1.29 is 19.1 Å². The van der Waals surface area contributed by atoms with Crippen molar-refractivity contribution >= 4 is 22.7 Å². The molecule has 3 aromatic rings. The van der Waals surface area contributed by atoms with Gasteiger partial charge in [-0.25, -0.2) is 0 Å². The Hall–Kier alpha value is -3.61. The highest BCUT2D eigenvalue weighted by Gasteiger charge is 2.25. The number of ether oxygens (including phenoxy) is 2. The molecule has 2 amide bonds. The number of carbonyl (C=O) groups is 2. The number of nitrogens with one attached hydrogen (secondary N) is 2. The lowest BCUT2D eigenvalue weighted by atomic mass is 10.0. The first-order chi connectivity index (χ1) is 15.5. The highest BCUT2D eigenvalue weighted by Crippen LogP contribution is 2.23. The second kappa shape index (κ2) is 11.1. The molecule has 0 fully saturated rings. The summed E-state index contributed by atoms with van der Waals surface area (Å²) in [4.78, 5) is 29.8. The number of benzene rings is 2. The van der Waals surface area contributed by atoms with Crippen LogP contribution in [0.4, 0.5) is 0 Å². The summed E-state index contributed by atoms with van der Waals surface area (Å²) in [6, 6.07) is 15.9. The minimum Gasteiger partial charge on any atom is -0.496 e. The summed E-state index contributed by atoms with van der Waals surface area (Å²) in [7, 11) is 1.51. The molecule has 3 rings (SSSR count). The minimum absolute atomic E-state index is 0.0772. The molecule has 2 aromatic carbocycles. The molecule has 0 saturated heterocycles. The first kappa shape index (κ1) is 23.1. The van der Waals surface area contributed by atoms with Crippen LogP contribution in [0.3, 0.4) is 0 Å². The molecular formula is C25H29N3O4. The van der Waals surface area contributed by atoms with E-state index in [4.69, 9.17) is 9.47 Å². The van der Waals surface area contributed by atoms with Gasteiger partial charge in [-0.1, -0.05) is 44.2 Å². The quantitative estimate of drug-likeness (QED) is 0.475. The molecule has 0 spiro atoms. The number of pyridine rings is 1. The van der Waals surface area contributed by atoms with Gasteiger partial charge in [0.05, 0.1) is 19.3 Å². The topological polar surface area (TPSA) is 89.5 Å². The molecule has 7 heteroatoms. The molecular weight excluding hydrogens is 406 g/mol. The molecule has 0 bridgehead atoms. The molecule has 7 nitrogen and oxygen atoms in total. The Morgan fingerprint density at radius 3 is 2.53 bits per heavy atom. The lowest BCUT2D eigenvalue weighted by Crippen LogP contribution is -2.50. The predicted octanol–water partition coefficient (Wildman–Crippen LogP) is 3.58. The maximum Gasteiger partial charge on any atom is 0.255 e. The Labute approximate surface area is 188 Å². The molecule has 32 heavy (non-hydrogen) atoms. The summed E-state index contributed by atoms with van der Waals surface area (Å²) in [5, 5.41) is 6.73. The SMILES string of the molecule is COc1ccccc1C(=O)NC(C(=O)NCCCOc1cccc2cccnc12)C(C)C. The molecule has 1 aromatic heterocycles. The van der Waals surface area contributed by atoms with Crippen LogP contribution in [-0.4, -0.2) is 43.1 Å². The number of aromatic nitrogens is 1. The summed E-state index contributed by atoms with van der Waals surface area (Å²) in [5.74, 6) is 0.538. The average molecular weight is 436 g/mol. The zero-order chi connectivity index (χ0) is 22.9. The largest absolute Gasteiger partial charge is 0.496 e. The van der Waals surface area contributed by atoms with Gasteiger partial charge in [0.25, 0.3) is 5.91 Å². The van der Waals surface area contributed by atoms with E-state index in [1.165, 1.54) is 7.11 Å². The molecule has 1 heterocycles. The van der Waals surface area contributed by atoms with E-state index in [2.05, 4.69) is 15.6 Å². The Morgan fingerprint density at radius 2 is 1.75 bits per heavy atom. The molecule has 0 aliphatic heterocycles. The standard InChI is InChI=1S/C25H29N3O4/c1-17(2)22(28-24(29)19-11-4-5-12-20(19)31-3)25(30)27-15-8-16-32-21-13-6-9-18-10-7-14-26-23(18)21/h4-7,9-14,17,22H,8,15-16H2,1-3H3,(H,27,30)(H,28,29). The van der Waals surface area contributed by atoms with Crippen molar-refractivity contribution in [3.05, 3.63) is 66.4 Å². The number of fused-ring (bicyclic) bond motifs is 1. The highest BCUT2D eigenvalue weighted by molar-refractivity contribution is 5.99. The minimum atomic E-state index is -0.657. The Morgan fingerprint density at radius 1 is 1.00 bits per heavy atom. The van der Waals surface area contributed by atoms with Crippen molar-refractivity contribution in [2.24, 2.45) is 5.92 Å². The van der Waals surface area contributed by atoms with Gasteiger partial charge in [-0.15, -0.1) is 0 Å². The van der Waals surface area contributed by atoms with Gasteiger partial charge < -0.3 is 20.1 Å². The van der Waals surface area contributed by atoms with Crippen LogP contribution < -0.4 is 20.1 Å². The fourth-order valence-electron chi connectivity index (χ4n) is 3.35.